The fraction of sp³-hybridized carbons (Fsp3) is 0.571. The van der Waals surface area contributed by atoms with Crippen molar-refractivity contribution in [3.05, 3.63) is 23.0 Å². The third-order valence-electron chi connectivity index (χ3n) is 4.19. The quantitative estimate of drug-likeness (QED) is 0.870. The predicted molar refractivity (Wildman–Crippen MR) is 68.6 cm³/mol. The Kier molecular flexibility index (Phi) is 3.48. The van der Waals surface area contributed by atoms with Gasteiger partial charge in [0.25, 0.3) is 0 Å². The van der Waals surface area contributed by atoms with Gasteiger partial charge < -0.3 is 15.6 Å². The monoisotopic (exact) mass is 253 g/mol. The summed E-state index contributed by atoms with van der Waals surface area (Å²) in [5, 5.41) is 10.0. The van der Waals surface area contributed by atoms with Crippen LogP contribution in [0.3, 0.4) is 0 Å². The number of phenols is 1. The molecule has 100 valence electrons. The Morgan fingerprint density at radius 1 is 1.44 bits per heavy atom. The molecule has 1 fully saturated rings. The second kappa shape index (κ2) is 4.76. The lowest BCUT2D eigenvalue weighted by atomic mass is 9.76. The van der Waals surface area contributed by atoms with Crippen LogP contribution in [0.2, 0.25) is 0 Å². The van der Waals surface area contributed by atoms with Crippen LogP contribution in [0.5, 0.6) is 11.5 Å². The molecule has 1 aliphatic rings. The van der Waals surface area contributed by atoms with E-state index in [2.05, 4.69) is 0 Å². The van der Waals surface area contributed by atoms with Crippen molar-refractivity contribution in [2.75, 3.05) is 13.7 Å². The Labute approximate surface area is 107 Å². The van der Waals surface area contributed by atoms with Gasteiger partial charge in [-0.15, -0.1) is 0 Å². The molecule has 1 aliphatic carbocycles. The predicted octanol–water partition coefficient (Wildman–Crippen LogP) is 2.62. The molecule has 0 heterocycles. The number of methoxy groups -OCH3 is 1. The molecule has 0 aromatic heterocycles. The van der Waals surface area contributed by atoms with Crippen molar-refractivity contribution in [1.82, 2.24) is 0 Å². The van der Waals surface area contributed by atoms with Gasteiger partial charge in [-0.1, -0.05) is 12.8 Å². The van der Waals surface area contributed by atoms with E-state index in [0.717, 1.165) is 31.2 Å². The summed E-state index contributed by atoms with van der Waals surface area (Å²) in [7, 11) is 1.35. The van der Waals surface area contributed by atoms with Gasteiger partial charge in [0.2, 0.25) is 0 Å². The summed E-state index contributed by atoms with van der Waals surface area (Å²) in [6, 6.07) is 1.48. The Morgan fingerprint density at radius 2 is 2.06 bits per heavy atom. The molecule has 0 spiro atoms. The minimum absolute atomic E-state index is 0.0820. The molecular formula is C14H20FNO2. The Balaban J connectivity index is 2.58. The molecule has 3 nitrogen and oxygen atoms in total. The standard InChI is InChI=1S/C14H20FNO2/c1-9-10(14(8-16)5-3-4-6-14)7-11(15)13(18-2)12(9)17/h7,17H,3-6,8,16H2,1-2H3. The van der Waals surface area contributed by atoms with Crippen LogP contribution in [0, 0.1) is 12.7 Å². The van der Waals surface area contributed by atoms with Crippen molar-refractivity contribution in [2.45, 2.75) is 38.0 Å². The average molecular weight is 253 g/mol. The van der Waals surface area contributed by atoms with Gasteiger partial charge in [0.15, 0.2) is 17.3 Å². The molecule has 0 amide bonds. The molecule has 4 heteroatoms. The second-order valence-corrected chi connectivity index (χ2v) is 5.10. The third-order valence-corrected chi connectivity index (χ3v) is 4.19. The maximum absolute atomic E-state index is 13.9. The lowest BCUT2D eigenvalue weighted by molar-refractivity contribution is 0.345. The van der Waals surface area contributed by atoms with Gasteiger partial charge >= 0.3 is 0 Å². The van der Waals surface area contributed by atoms with Gasteiger partial charge in [-0.05, 0) is 37.0 Å². The highest BCUT2D eigenvalue weighted by atomic mass is 19.1. The third kappa shape index (κ3) is 1.85. The zero-order valence-electron chi connectivity index (χ0n) is 10.9. The maximum atomic E-state index is 13.9. The molecule has 18 heavy (non-hydrogen) atoms. The van der Waals surface area contributed by atoms with Crippen molar-refractivity contribution in [1.29, 1.82) is 0 Å². The molecule has 0 unspecified atom stereocenters. The van der Waals surface area contributed by atoms with Crippen molar-refractivity contribution >= 4 is 0 Å². The van der Waals surface area contributed by atoms with E-state index >= 15 is 0 Å². The van der Waals surface area contributed by atoms with Crippen LogP contribution in [0.25, 0.3) is 0 Å². The van der Waals surface area contributed by atoms with E-state index in [9.17, 15) is 9.50 Å². The van der Waals surface area contributed by atoms with Crippen molar-refractivity contribution in [3.63, 3.8) is 0 Å². The molecule has 1 saturated carbocycles. The molecule has 3 N–H and O–H groups in total. The summed E-state index contributed by atoms with van der Waals surface area (Å²) in [6.07, 6.45) is 4.11. The fourth-order valence-corrected chi connectivity index (χ4v) is 3.09. The number of aromatic hydroxyl groups is 1. The fourth-order valence-electron chi connectivity index (χ4n) is 3.09. The highest BCUT2D eigenvalue weighted by molar-refractivity contribution is 5.52. The van der Waals surface area contributed by atoms with Crippen LogP contribution in [-0.2, 0) is 5.41 Å². The molecule has 0 radical (unpaired) electrons. The Bertz CT molecular complexity index is 454. The Morgan fingerprint density at radius 3 is 2.56 bits per heavy atom. The topological polar surface area (TPSA) is 55.5 Å². The average Bonchev–Trinajstić information content (AvgIpc) is 2.84. The van der Waals surface area contributed by atoms with Gasteiger partial charge in [0, 0.05) is 12.0 Å². The summed E-state index contributed by atoms with van der Waals surface area (Å²) in [4.78, 5) is 0. The normalized spacial score (nSPS) is 18.0. The highest BCUT2D eigenvalue weighted by Crippen LogP contribution is 2.46. The number of hydrogen-bond donors (Lipinski definition) is 2. The van der Waals surface area contributed by atoms with E-state index < -0.39 is 5.82 Å². The lowest BCUT2D eigenvalue weighted by Gasteiger charge is -2.30. The van der Waals surface area contributed by atoms with Crippen molar-refractivity contribution < 1.29 is 14.2 Å². The minimum Gasteiger partial charge on any atom is -0.504 e. The number of benzene rings is 1. The van der Waals surface area contributed by atoms with Crippen LogP contribution in [-0.4, -0.2) is 18.8 Å². The molecular weight excluding hydrogens is 233 g/mol. The zero-order valence-corrected chi connectivity index (χ0v) is 10.9. The van der Waals surface area contributed by atoms with Gasteiger partial charge in [-0.3, -0.25) is 0 Å². The van der Waals surface area contributed by atoms with Gasteiger partial charge in [-0.25, -0.2) is 4.39 Å². The molecule has 1 aromatic carbocycles. The van der Waals surface area contributed by atoms with E-state index in [-0.39, 0.29) is 16.9 Å². The first-order valence-corrected chi connectivity index (χ1v) is 6.32. The zero-order chi connectivity index (χ0) is 13.3. The number of rotatable bonds is 3. The van der Waals surface area contributed by atoms with Crippen LogP contribution >= 0.6 is 0 Å². The van der Waals surface area contributed by atoms with Crippen LogP contribution in [0.4, 0.5) is 4.39 Å². The first-order valence-electron chi connectivity index (χ1n) is 6.32. The molecule has 0 aliphatic heterocycles. The summed E-state index contributed by atoms with van der Waals surface area (Å²) in [5.74, 6) is -0.705. The molecule has 1 aromatic rings. The van der Waals surface area contributed by atoms with Gasteiger partial charge in [0.05, 0.1) is 7.11 Å². The highest BCUT2D eigenvalue weighted by Gasteiger charge is 2.37. The lowest BCUT2D eigenvalue weighted by Crippen LogP contribution is -2.33. The maximum Gasteiger partial charge on any atom is 0.196 e. The van der Waals surface area contributed by atoms with Crippen LogP contribution in [0.1, 0.15) is 36.8 Å². The number of phenolic OH excluding ortho intramolecular Hbond substituents is 1. The summed E-state index contributed by atoms with van der Waals surface area (Å²) >= 11 is 0. The summed E-state index contributed by atoms with van der Waals surface area (Å²) in [6.45, 7) is 2.28. The number of hydrogen-bond acceptors (Lipinski definition) is 3. The van der Waals surface area contributed by atoms with Gasteiger partial charge in [-0.2, -0.15) is 0 Å². The smallest absolute Gasteiger partial charge is 0.196 e. The largest absolute Gasteiger partial charge is 0.504 e. The van der Waals surface area contributed by atoms with E-state index in [1.54, 1.807) is 6.92 Å². The minimum atomic E-state index is -0.518. The molecule has 0 atom stereocenters. The molecule has 0 saturated heterocycles. The number of ether oxygens (including phenoxy) is 1. The molecule has 0 bridgehead atoms. The van der Waals surface area contributed by atoms with Crippen LogP contribution in [0.15, 0.2) is 6.07 Å². The Hall–Kier alpha value is -1.29. The first-order chi connectivity index (χ1) is 8.55. The van der Waals surface area contributed by atoms with E-state index in [0.29, 0.717) is 12.1 Å². The first kappa shape index (κ1) is 13.1. The van der Waals surface area contributed by atoms with Crippen LogP contribution < -0.4 is 10.5 Å². The molecule has 2 rings (SSSR count). The summed E-state index contributed by atoms with van der Waals surface area (Å²) in [5.41, 5.74) is 7.23. The van der Waals surface area contributed by atoms with E-state index in [1.165, 1.54) is 13.2 Å². The number of halogens is 1. The second-order valence-electron chi connectivity index (χ2n) is 5.10. The van der Waals surface area contributed by atoms with E-state index in [1.807, 2.05) is 0 Å². The van der Waals surface area contributed by atoms with Gasteiger partial charge in [0.1, 0.15) is 0 Å². The summed E-state index contributed by atoms with van der Waals surface area (Å²) < 4.78 is 18.8. The SMILES string of the molecule is COc1c(F)cc(C2(CN)CCCC2)c(C)c1O. The van der Waals surface area contributed by atoms with Crippen molar-refractivity contribution in [3.8, 4) is 11.5 Å². The number of nitrogens with two attached hydrogens (primary N) is 1. The van der Waals surface area contributed by atoms with E-state index in [4.69, 9.17) is 10.5 Å². The van der Waals surface area contributed by atoms with Crippen molar-refractivity contribution in [2.24, 2.45) is 5.73 Å².